The van der Waals surface area contributed by atoms with Gasteiger partial charge in [0.2, 0.25) is 5.91 Å². The van der Waals surface area contributed by atoms with Gasteiger partial charge in [-0.25, -0.2) is 4.98 Å². The van der Waals surface area contributed by atoms with Crippen LogP contribution in [0.3, 0.4) is 0 Å². The van der Waals surface area contributed by atoms with Gasteiger partial charge in [-0.3, -0.25) is 9.69 Å². The Bertz CT molecular complexity index is 576. The molecule has 3 fully saturated rings. The highest BCUT2D eigenvalue weighted by atomic mass is 32.2. The maximum absolute atomic E-state index is 12.5. The predicted molar refractivity (Wildman–Crippen MR) is 112 cm³/mol. The van der Waals surface area contributed by atoms with E-state index in [4.69, 9.17) is 4.74 Å². The number of aromatic nitrogens is 1. The zero-order valence-electron chi connectivity index (χ0n) is 16.1. The molecule has 1 amide bonds. The first kappa shape index (κ1) is 19.5. The largest absolute Gasteiger partial charge is 0.467 e. The zero-order valence-corrected chi connectivity index (χ0v) is 17.7. The van der Waals surface area contributed by atoms with E-state index in [9.17, 15) is 4.79 Å². The predicted octanol–water partition coefficient (Wildman–Crippen LogP) is 3.65. The van der Waals surface area contributed by atoms with E-state index in [0.717, 1.165) is 62.3 Å². The highest BCUT2D eigenvalue weighted by molar-refractivity contribution is 8.00. The number of amides is 1. The Hall–Kier alpha value is -0.790. The Morgan fingerprint density at radius 2 is 1.85 bits per heavy atom. The number of carbonyl (C=O) groups excluding carboxylic acids is 1. The van der Waals surface area contributed by atoms with Gasteiger partial charge in [0.1, 0.15) is 6.10 Å². The minimum absolute atomic E-state index is 0.307. The van der Waals surface area contributed by atoms with Crippen LogP contribution in [0.4, 0.5) is 0 Å². The minimum atomic E-state index is 0.307. The van der Waals surface area contributed by atoms with Crippen molar-refractivity contribution in [1.29, 1.82) is 0 Å². The SMILES string of the molecule is O=C(CSC1CCCC1)N1CCC(N2CCC(Oc3nccs3)CC2)CC1. The third kappa shape index (κ3) is 5.39. The monoisotopic (exact) mass is 409 g/mol. The summed E-state index contributed by atoms with van der Waals surface area (Å²) >= 11 is 3.47. The van der Waals surface area contributed by atoms with Crippen molar-refractivity contribution in [2.24, 2.45) is 0 Å². The molecular weight excluding hydrogens is 378 g/mol. The van der Waals surface area contributed by atoms with Crippen LogP contribution in [0, 0.1) is 0 Å². The summed E-state index contributed by atoms with van der Waals surface area (Å²) in [7, 11) is 0. The number of hydrogen-bond donors (Lipinski definition) is 0. The molecule has 150 valence electrons. The molecule has 3 aliphatic rings. The van der Waals surface area contributed by atoms with Crippen molar-refractivity contribution in [1.82, 2.24) is 14.8 Å². The van der Waals surface area contributed by atoms with Crippen molar-refractivity contribution in [3.05, 3.63) is 11.6 Å². The first-order valence-corrected chi connectivity index (χ1v) is 12.4. The molecule has 0 atom stereocenters. The summed E-state index contributed by atoms with van der Waals surface area (Å²) in [4.78, 5) is 21.5. The number of rotatable bonds is 6. The number of likely N-dealkylation sites (tertiary alicyclic amines) is 2. The second-order valence-corrected chi connectivity index (χ2v) is 10.1. The van der Waals surface area contributed by atoms with E-state index in [1.165, 1.54) is 25.7 Å². The molecule has 0 radical (unpaired) electrons. The van der Waals surface area contributed by atoms with E-state index in [2.05, 4.69) is 14.8 Å². The van der Waals surface area contributed by atoms with Crippen LogP contribution >= 0.6 is 23.1 Å². The maximum Gasteiger partial charge on any atom is 0.273 e. The summed E-state index contributed by atoms with van der Waals surface area (Å²) in [5.74, 6) is 1.05. The molecule has 1 aliphatic carbocycles. The molecule has 3 heterocycles. The Morgan fingerprint density at radius 1 is 1.11 bits per heavy atom. The van der Waals surface area contributed by atoms with E-state index in [1.807, 2.05) is 17.1 Å². The van der Waals surface area contributed by atoms with Crippen LogP contribution in [0.1, 0.15) is 51.4 Å². The van der Waals surface area contributed by atoms with Crippen molar-refractivity contribution in [3.8, 4) is 5.19 Å². The van der Waals surface area contributed by atoms with Crippen LogP contribution in [0.25, 0.3) is 0 Å². The van der Waals surface area contributed by atoms with Crippen LogP contribution in [-0.2, 0) is 4.79 Å². The molecule has 2 aliphatic heterocycles. The molecule has 7 heteroatoms. The van der Waals surface area contributed by atoms with Crippen molar-refractivity contribution < 1.29 is 9.53 Å². The first-order chi connectivity index (χ1) is 13.3. The fourth-order valence-corrected chi connectivity index (χ4v) is 6.36. The fourth-order valence-electron chi connectivity index (χ4n) is 4.59. The molecule has 2 saturated heterocycles. The van der Waals surface area contributed by atoms with Gasteiger partial charge in [0, 0.05) is 49.0 Å². The smallest absolute Gasteiger partial charge is 0.273 e. The Morgan fingerprint density at radius 3 is 2.52 bits per heavy atom. The Kier molecular flexibility index (Phi) is 6.95. The summed E-state index contributed by atoms with van der Waals surface area (Å²) in [6.07, 6.45) is 11.8. The molecule has 0 aromatic carbocycles. The van der Waals surface area contributed by atoms with Crippen LogP contribution in [0.5, 0.6) is 5.19 Å². The molecule has 1 aromatic heterocycles. The van der Waals surface area contributed by atoms with E-state index >= 15 is 0 Å². The van der Waals surface area contributed by atoms with Gasteiger partial charge in [0.25, 0.3) is 5.19 Å². The van der Waals surface area contributed by atoms with Gasteiger partial charge in [-0.1, -0.05) is 24.2 Å². The van der Waals surface area contributed by atoms with Crippen molar-refractivity contribution in [2.45, 2.75) is 68.8 Å². The van der Waals surface area contributed by atoms with Crippen molar-refractivity contribution in [2.75, 3.05) is 31.9 Å². The number of piperidine rings is 2. The summed E-state index contributed by atoms with van der Waals surface area (Å²) in [6, 6.07) is 0.636. The highest BCUT2D eigenvalue weighted by Gasteiger charge is 2.30. The molecule has 0 spiro atoms. The van der Waals surface area contributed by atoms with Gasteiger partial charge in [-0.05, 0) is 38.5 Å². The van der Waals surface area contributed by atoms with Crippen molar-refractivity contribution in [3.63, 3.8) is 0 Å². The van der Waals surface area contributed by atoms with Crippen LogP contribution < -0.4 is 4.74 Å². The molecule has 1 saturated carbocycles. The number of ether oxygens (including phenoxy) is 1. The lowest BCUT2D eigenvalue weighted by Gasteiger charge is -2.41. The summed E-state index contributed by atoms with van der Waals surface area (Å²) in [6.45, 7) is 4.08. The number of thiazole rings is 1. The second kappa shape index (κ2) is 9.61. The Labute approximate surface area is 170 Å². The molecule has 5 nitrogen and oxygen atoms in total. The number of nitrogens with zero attached hydrogens (tertiary/aromatic N) is 3. The highest BCUT2D eigenvalue weighted by Crippen LogP contribution is 2.30. The molecule has 0 bridgehead atoms. The first-order valence-electron chi connectivity index (χ1n) is 10.5. The van der Waals surface area contributed by atoms with Gasteiger partial charge < -0.3 is 9.64 Å². The quantitative estimate of drug-likeness (QED) is 0.718. The average molecular weight is 410 g/mol. The van der Waals surface area contributed by atoms with Crippen molar-refractivity contribution >= 4 is 29.0 Å². The van der Waals surface area contributed by atoms with Crippen LogP contribution in [-0.4, -0.2) is 70.0 Å². The topological polar surface area (TPSA) is 45.7 Å². The van der Waals surface area contributed by atoms with Gasteiger partial charge in [-0.15, -0.1) is 11.8 Å². The number of carbonyl (C=O) groups is 1. The molecule has 1 aromatic rings. The van der Waals surface area contributed by atoms with Gasteiger partial charge in [0.15, 0.2) is 0 Å². The van der Waals surface area contributed by atoms with Gasteiger partial charge in [-0.2, -0.15) is 0 Å². The lowest BCUT2D eigenvalue weighted by molar-refractivity contribution is -0.130. The lowest BCUT2D eigenvalue weighted by Crippen LogP contribution is -2.50. The van der Waals surface area contributed by atoms with E-state index in [0.29, 0.717) is 23.8 Å². The molecule has 0 N–H and O–H groups in total. The summed E-state index contributed by atoms with van der Waals surface area (Å²) < 4.78 is 5.97. The molecule has 4 rings (SSSR count). The standard InChI is InChI=1S/C20H31N3O2S2/c24-19(15-27-18-3-1-2-4-18)23-10-5-16(6-11-23)22-12-7-17(8-13-22)25-20-21-9-14-26-20/h9,14,16-18H,1-8,10-13,15H2. The van der Waals surface area contributed by atoms with Gasteiger partial charge >= 0.3 is 0 Å². The second-order valence-electron chi connectivity index (χ2n) is 7.98. The average Bonchev–Trinajstić information content (AvgIpc) is 3.41. The summed E-state index contributed by atoms with van der Waals surface area (Å²) in [5, 5.41) is 3.50. The zero-order chi connectivity index (χ0) is 18.5. The lowest BCUT2D eigenvalue weighted by atomic mass is 9.99. The van der Waals surface area contributed by atoms with E-state index < -0.39 is 0 Å². The molecule has 27 heavy (non-hydrogen) atoms. The number of thioether (sulfide) groups is 1. The third-order valence-electron chi connectivity index (χ3n) is 6.23. The van der Waals surface area contributed by atoms with E-state index in [-0.39, 0.29) is 0 Å². The normalized spacial score (nSPS) is 23.8. The molecule has 0 unspecified atom stereocenters. The van der Waals surface area contributed by atoms with Crippen LogP contribution in [0.15, 0.2) is 11.6 Å². The minimum Gasteiger partial charge on any atom is -0.467 e. The van der Waals surface area contributed by atoms with Crippen LogP contribution in [0.2, 0.25) is 0 Å². The maximum atomic E-state index is 12.5. The number of hydrogen-bond acceptors (Lipinski definition) is 6. The fraction of sp³-hybridized carbons (Fsp3) is 0.800. The summed E-state index contributed by atoms with van der Waals surface area (Å²) in [5.41, 5.74) is 0. The van der Waals surface area contributed by atoms with Gasteiger partial charge in [0.05, 0.1) is 5.75 Å². The van der Waals surface area contributed by atoms with E-state index in [1.54, 1.807) is 17.5 Å². The Balaban J connectivity index is 1.14. The third-order valence-corrected chi connectivity index (χ3v) is 8.25. The molecular formula is C20H31N3O2S2.